The van der Waals surface area contributed by atoms with Crippen LogP contribution in [0.3, 0.4) is 0 Å². The molecule has 0 aromatic rings. The van der Waals surface area contributed by atoms with Crippen LogP contribution in [0.2, 0.25) is 0 Å². The van der Waals surface area contributed by atoms with Crippen LogP contribution in [0.1, 0.15) is 39.5 Å². The number of fused-ring (bicyclic) bond motifs is 3. The van der Waals surface area contributed by atoms with Crippen molar-refractivity contribution >= 4 is 0 Å². The molecule has 7 atom stereocenters. The van der Waals surface area contributed by atoms with Crippen LogP contribution in [0.15, 0.2) is 0 Å². The molecule has 0 spiro atoms. The summed E-state index contributed by atoms with van der Waals surface area (Å²) in [7, 11) is 1.85. The molecule has 1 aliphatic carbocycles. The molecule has 0 amide bonds. The van der Waals surface area contributed by atoms with Crippen LogP contribution in [0.25, 0.3) is 0 Å². The number of hydrogen-bond acceptors (Lipinski definition) is 3. The summed E-state index contributed by atoms with van der Waals surface area (Å²) in [6, 6.07) is 1.27. The Kier molecular flexibility index (Phi) is 3.18. The van der Waals surface area contributed by atoms with Gasteiger partial charge in [-0.3, -0.25) is 0 Å². The summed E-state index contributed by atoms with van der Waals surface area (Å²) in [4.78, 5) is 0. The molecule has 17 heavy (non-hydrogen) atoms. The van der Waals surface area contributed by atoms with E-state index < -0.39 is 0 Å². The van der Waals surface area contributed by atoms with Gasteiger partial charge < -0.3 is 14.8 Å². The molecule has 98 valence electrons. The van der Waals surface area contributed by atoms with E-state index in [1.807, 2.05) is 7.11 Å². The van der Waals surface area contributed by atoms with Crippen LogP contribution in [0.5, 0.6) is 0 Å². The lowest BCUT2D eigenvalue weighted by Crippen LogP contribution is -2.59. The first-order chi connectivity index (χ1) is 8.19. The largest absolute Gasteiger partial charge is 0.381 e. The van der Waals surface area contributed by atoms with E-state index in [2.05, 4.69) is 19.2 Å². The van der Waals surface area contributed by atoms with Gasteiger partial charge in [0.05, 0.1) is 18.3 Å². The highest BCUT2D eigenvalue weighted by Crippen LogP contribution is 2.43. The maximum Gasteiger partial charge on any atom is 0.0666 e. The topological polar surface area (TPSA) is 30.5 Å². The summed E-state index contributed by atoms with van der Waals surface area (Å²) in [6.07, 6.45) is 6.21. The predicted molar refractivity (Wildman–Crippen MR) is 67.0 cm³/mol. The minimum Gasteiger partial charge on any atom is -0.381 e. The van der Waals surface area contributed by atoms with Gasteiger partial charge in [-0.15, -0.1) is 0 Å². The molecule has 0 radical (unpaired) electrons. The summed E-state index contributed by atoms with van der Waals surface area (Å²) in [5.41, 5.74) is 0. The molecule has 3 nitrogen and oxygen atoms in total. The van der Waals surface area contributed by atoms with Crippen molar-refractivity contribution in [2.75, 3.05) is 7.11 Å². The van der Waals surface area contributed by atoms with Crippen LogP contribution in [-0.4, -0.2) is 37.5 Å². The molecular formula is C14H25NO2. The number of rotatable bonds is 1. The number of nitrogens with one attached hydrogen (secondary N) is 1. The normalized spacial score (nSPS) is 54.2. The zero-order chi connectivity index (χ0) is 12.0. The van der Waals surface area contributed by atoms with E-state index in [0.717, 1.165) is 0 Å². The molecule has 0 bridgehead atoms. The SMILES string of the molecule is COC1CCC2NC(C)C3C[C@@H](C)OC3C2C1. The Morgan fingerprint density at radius 2 is 1.94 bits per heavy atom. The van der Waals surface area contributed by atoms with Gasteiger partial charge in [-0.2, -0.15) is 0 Å². The molecule has 3 aliphatic rings. The zero-order valence-electron chi connectivity index (χ0n) is 11.2. The second-order valence-electron chi connectivity index (χ2n) is 6.21. The zero-order valence-corrected chi connectivity index (χ0v) is 11.2. The molecule has 0 aromatic carbocycles. The number of hydrogen-bond donors (Lipinski definition) is 1. The van der Waals surface area contributed by atoms with E-state index in [9.17, 15) is 0 Å². The first kappa shape index (κ1) is 11.9. The quantitative estimate of drug-likeness (QED) is 0.759. The number of piperidine rings is 1. The molecule has 2 saturated heterocycles. The van der Waals surface area contributed by atoms with Crippen molar-refractivity contribution in [2.45, 2.75) is 69.9 Å². The standard InChI is InChI=1S/C14H25NO2/c1-8-6-11-9(2)15-13-5-4-10(16-3)7-12(13)14(11)17-8/h8-15H,4-7H2,1-3H3/t8-,9?,10?,11?,12?,13?,14?/m1/s1. The third-order valence-electron chi connectivity index (χ3n) is 5.14. The van der Waals surface area contributed by atoms with Crippen LogP contribution in [-0.2, 0) is 9.47 Å². The molecule has 1 saturated carbocycles. The molecule has 3 heteroatoms. The van der Waals surface area contributed by atoms with Crippen molar-refractivity contribution in [1.82, 2.24) is 5.32 Å². The Labute approximate surface area is 104 Å². The lowest BCUT2D eigenvalue weighted by Gasteiger charge is -2.47. The third kappa shape index (κ3) is 2.02. The molecular weight excluding hydrogens is 214 g/mol. The van der Waals surface area contributed by atoms with E-state index in [0.29, 0.717) is 42.2 Å². The average Bonchev–Trinajstić information content (AvgIpc) is 2.72. The van der Waals surface area contributed by atoms with Crippen molar-refractivity contribution in [2.24, 2.45) is 11.8 Å². The van der Waals surface area contributed by atoms with Crippen LogP contribution < -0.4 is 5.32 Å². The van der Waals surface area contributed by atoms with Gasteiger partial charge in [0.15, 0.2) is 0 Å². The van der Waals surface area contributed by atoms with E-state index >= 15 is 0 Å². The number of ether oxygens (including phenoxy) is 2. The van der Waals surface area contributed by atoms with Gasteiger partial charge in [0.1, 0.15) is 0 Å². The fourth-order valence-electron chi connectivity index (χ4n) is 4.26. The third-order valence-corrected chi connectivity index (χ3v) is 5.14. The minimum absolute atomic E-state index is 0.441. The van der Waals surface area contributed by atoms with Gasteiger partial charge in [-0.1, -0.05) is 0 Å². The average molecular weight is 239 g/mol. The molecule has 1 N–H and O–H groups in total. The van der Waals surface area contributed by atoms with Crippen LogP contribution in [0.4, 0.5) is 0 Å². The summed E-state index contributed by atoms with van der Waals surface area (Å²) in [5, 5.41) is 3.82. The summed E-state index contributed by atoms with van der Waals surface area (Å²) < 4.78 is 11.8. The fourth-order valence-corrected chi connectivity index (χ4v) is 4.26. The van der Waals surface area contributed by atoms with Gasteiger partial charge in [-0.05, 0) is 39.5 Å². The van der Waals surface area contributed by atoms with Crippen molar-refractivity contribution in [1.29, 1.82) is 0 Å². The van der Waals surface area contributed by atoms with Gasteiger partial charge in [0.2, 0.25) is 0 Å². The smallest absolute Gasteiger partial charge is 0.0666 e. The molecule has 3 fully saturated rings. The molecule has 0 aromatic heterocycles. The Hall–Kier alpha value is -0.120. The first-order valence-electron chi connectivity index (χ1n) is 7.13. The Bertz CT molecular complexity index is 283. The van der Waals surface area contributed by atoms with Crippen molar-refractivity contribution in [3.63, 3.8) is 0 Å². The van der Waals surface area contributed by atoms with E-state index in [1.54, 1.807) is 0 Å². The van der Waals surface area contributed by atoms with Crippen LogP contribution in [0, 0.1) is 11.8 Å². The van der Waals surface area contributed by atoms with Gasteiger partial charge >= 0.3 is 0 Å². The van der Waals surface area contributed by atoms with Crippen molar-refractivity contribution in [3.8, 4) is 0 Å². The lowest BCUT2D eigenvalue weighted by molar-refractivity contribution is -0.0710. The highest BCUT2D eigenvalue weighted by Gasteiger charge is 2.49. The molecule has 2 aliphatic heterocycles. The molecule has 2 heterocycles. The van der Waals surface area contributed by atoms with E-state index in [1.165, 1.54) is 25.7 Å². The highest BCUT2D eigenvalue weighted by molar-refractivity contribution is 5.02. The van der Waals surface area contributed by atoms with Crippen molar-refractivity contribution in [3.05, 3.63) is 0 Å². The Morgan fingerprint density at radius 3 is 2.71 bits per heavy atom. The van der Waals surface area contributed by atoms with Crippen LogP contribution >= 0.6 is 0 Å². The second-order valence-corrected chi connectivity index (χ2v) is 6.21. The maximum atomic E-state index is 6.20. The van der Waals surface area contributed by atoms with Gasteiger partial charge in [-0.25, -0.2) is 0 Å². The monoisotopic (exact) mass is 239 g/mol. The molecule has 6 unspecified atom stereocenters. The fraction of sp³-hybridized carbons (Fsp3) is 1.00. The van der Waals surface area contributed by atoms with Crippen molar-refractivity contribution < 1.29 is 9.47 Å². The van der Waals surface area contributed by atoms with Gasteiger partial charge in [0, 0.05) is 31.0 Å². The maximum absolute atomic E-state index is 6.20. The van der Waals surface area contributed by atoms with Gasteiger partial charge in [0.25, 0.3) is 0 Å². The second kappa shape index (κ2) is 4.52. The van der Waals surface area contributed by atoms with E-state index in [-0.39, 0.29) is 0 Å². The summed E-state index contributed by atoms with van der Waals surface area (Å²) in [5.74, 6) is 1.38. The predicted octanol–water partition coefficient (Wildman–Crippen LogP) is 1.96. The molecule has 3 rings (SSSR count). The Morgan fingerprint density at radius 1 is 1.12 bits per heavy atom. The Balaban J connectivity index is 1.77. The minimum atomic E-state index is 0.441. The number of methoxy groups -OCH3 is 1. The summed E-state index contributed by atoms with van der Waals surface area (Å²) >= 11 is 0. The van der Waals surface area contributed by atoms with E-state index in [4.69, 9.17) is 9.47 Å². The summed E-state index contributed by atoms with van der Waals surface area (Å²) in [6.45, 7) is 4.55. The first-order valence-corrected chi connectivity index (χ1v) is 7.13. The highest BCUT2D eigenvalue weighted by atomic mass is 16.5. The lowest BCUT2D eigenvalue weighted by atomic mass is 9.70.